The van der Waals surface area contributed by atoms with E-state index < -0.39 is 0 Å². The molecule has 0 heterocycles. The van der Waals surface area contributed by atoms with Crippen LogP contribution in [0.2, 0.25) is 0 Å². The minimum absolute atomic E-state index is 0. The van der Waals surface area contributed by atoms with Gasteiger partial charge >= 0.3 is 0 Å². The zero-order chi connectivity index (χ0) is 12.8. The third-order valence-corrected chi connectivity index (χ3v) is 2.24. The molecular formula is C15H14O3U. The molecule has 96 valence electrons. The monoisotopic (exact) mass is 480 g/mol. The van der Waals surface area contributed by atoms with Crippen LogP contribution in [0.1, 0.15) is 6.92 Å². The summed E-state index contributed by atoms with van der Waals surface area (Å²) in [6, 6.07) is 16.7. The molecule has 0 aromatic heterocycles. The molecule has 0 bridgehead atoms. The summed E-state index contributed by atoms with van der Waals surface area (Å²) in [5, 5.41) is 0. The Morgan fingerprint density at radius 2 is 1.42 bits per heavy atom. The predicted octanol–water partition coefficient (Wildman–Crippen LogP) is 3.45. The first-order chi connectivity index (χ1) is 8.74. The van der Waals surface area contributed by atoms with Gasteiger partial charge in [0.25, 0.3) is 0 Å². The minimum Gasteiger partial charge on any atom is -0.486 e. The first kappa shape index (κ1) is 15.8. The second-order valence-electron chi connectivity index (χ2n) is 3.88. The molecule has 0 fully saturated rings. The minimum atomic E-state index is -0.000359. The van der Waals surface area contributed by atoms with E-state index >= 15 is 0 Å². The summed E-state index contributed by atoms with van der Waals surface area (Å²) in [7, 11) is 0. The number of Topliss-reactive ketones (excluding diaryl/α,β-unsaturated/α-hetero) is 1. The van der Waals surface area contributed by atoms with Crippen molar-refractivity contribution < 1.29 is 45.4 Å². The first-order valence-corrected chi connectivity index (χ1v) is 5.69. The largest absolute Gasteiger partial charge is 0.486 e. The van der Waals surface area contributed by atoms with Gasteiger partial charge < -0.3 is 9.47 Å². The predicted molar refractivity (Wildman–Crippen MR) is 69.1 cm³/mol. The van der Waals surface area contributed by atoms with Crippen molar-refractivity contribution in [1.82, 2.24) is 0 Å². The van der Waals surface area contributed by atoms with E-state index in [-0.39, 0.29) is 43.5 Å². The van der Waals surface area contributed by atoms with Crippen molar-refractivity contribution >= 4 is 5.78 Å². The van der Waals surface area contributed by atoms with Crippen LogP contribution in [0.25, 0.3) is 0 Å². The van der Waals surface area contributed by atoms with Crippen molar-refractivity contribution in [3.8, 4) is 17.2 Å². The van der Waals surface area contributed by atoms with Gasteiger partial charge in [-0.1, -0.05) is 18.2 Å². The molecular weight excluding hydrogens is 466 g/mol. The molecule has 0 N–H and O–H groups in total. The molecule has 19 heavy (non-hydrogen) atoms. The van der Waals surface area contributed by atoms with Gasteiger partial charge in [0.2, 0.25) is 0 Å². The van der Waals surface area contributed by atoms with Crippen LogP contribution in [-0.2, 0) is 4.79 Å². The van der Waals surface area contributed by atoms with Crippen molar-refractivity contribution in [3.05, 3.63) is 54.6 Å². The molecule has 0 aliphatic carbocycles. The van der Waals surface area contributed by atoms with Crippen LogP contribution in [0.5, 0.6) is 17.2 Å². The van der Waals surface area contributed by atoms with Crippen LogP contribution in [0, 0.1) is 31.1 Å². The number of benzene rings is 2. The zero-order valence-corrected chi connectivity index (χ0v) is 14.8. The first-order valence-electron chi connectivity index (χ1n) is 5.69. The third kappa shape index (κ3) is 5.50. The van der Waals surface area contributed by atoms with Crippen LogP contribution >= 0.6 is 0 Å². The molecule has 0 aliphatic heterocycles. The Labute approximate surface area is 136 Å². The fourth-order valence-corrected chi connectivity index (χ4v) is 1.41. The maximum absolute atomic E-state index is 10.8. The number of ketones is 1. The number of carbonyl (C=O) groups is 1. The van der Waals surface area contributed by atoms with Crippen molar-refractivity contribution in [3.63, 3.8) is 0 Å². The van der Waals surface area contributed by atoms with E-state index in [1.165, 1.54) is 6.92 Å². The molecule has 2 aromatic carbocycles. The Bertz CT molecular complexity index is 509. The maximum Gasteiger partial charge on any atom is 0.167 e. The van der Waals surface area contributed by atoms with Crippen molar-refractivity contribution in [2.45, 2.75) is 6.92 Å². The van der Waals surface area contributed by atoms with E-state index in [9.17, 15) is 4.79 Å². The van der Waals surface area contributed by atoms with Crippen molar-refractivity contribution in [2.75, 3.05) is 6.61 Å². The molecule has 0 unspecified atom stereocenters. The molecule has 0 saturated carbocycles. The van der Waals surface area contributed by atoms with E-state index in [1.54, 1.807) is 12.1 Å². The number of rotatable bonds is 5. The zero-order valence-electron chi connectivity index (χ0n) is 10.6. The Morgan fingerprint density at radius 1 is 0.895 bits per heavy atom. The van der Waals surface area contributed by atoms with E-state index in [4.69, 9.17) is 9.47 Å². The van der Waals surface area contributed by atoms with Gasteiger partial charge in [0, 0.05) is 31.1 Å². The third-order valence-electron chi connectivity index (χ3n) is 2.24. The molecule has 2 aromatic rings. The van der Waals surface area contributed by atoms with Crippen molar-refractivity contribution in [2.24, 2.45) is 0 Å². The van der Waals surface area contributed by atoms with Gasteiger partial charge in [-0.2, -0.15) is 0 Å². The topological polar surface area (TPSA) is 35.5 Å². The molecule has 4 heteroatoms. The van der Waals surface area contributed by atoms with E-state index in [0.29, 0.717) is 5.75 Å². The van der Waals surface area contributed by atoms with E-state index in [0.717, 1.165) is 11.5 Å². The second kappa shape index (κ2) is 8.04. The average Bonchev–Trinajstić information content (AvgIpc) is 2.39. The normalized spacial score (nSPS) is 9.32. The van der Waals surface area contributed by atoms with Gasteiger partial charge in [-0.05, 0) is 43.3 Å². The standard InChI is InChI=1S/C15H14O3.U/c1-12(16)11-17-13-7-9-15(10-8-13)18-14-5-3-2-4-6-14;/h2-10H,11H2,1H3;. The van der Waals surface area contributed by atoms with Crippen LogP contribution in [0.4, 0.5) is 0 Å². The van der Waals surface area contributed by atoms with Gasteiger partial charge in [0.1, 0.15) is 23.9 Å². The fraction of sp³-hybridized carbons (Fsp3) is 0.133. The van der Waals surface area contributed by atoms with Crippen molar-refractivity contribution in [1.29, 1.82) is 0 Å². The van der Waals surface area contributed by atoms with Gasteiger partial charge in [-0.15, -0.1) is 0 Å². The van der Waals surface area contributed by atoms with Gasteiger partial charge in [0.15, 0.2) is 5.78 Å². The number of hydrogen-bond donors (Lipinski definition) is 0. The Hall–Kier alpha value is -1.24. The second-order valence-corrected chi connectivity index (χ2v) is 3.88. The molecule has 0 amide bonds. The Balaban J connectivity index is 0.00000180. The average molecular weight is 480 g/mol. The molecule has 0 spiro atoms. The Kier molecular flexibility index (Phi) is 6.69. The molecule has 3 nitrogen and oxygen atoms in total. The summed E-state index contributed by atoms with van der Waals surface area (Å²) in [6.45, 7) is 1.59. The summed E-state index contributed by atoms with van der Waals surface area (Å²) in [6.07, 6.45) is 0. The van der Waals surface area contributed by atoms with Crippen LogP contribution in [0.15, 0.2) is 54.6 Å². The fourth-order valence-electron chi connectivity index (χ4n) is 1.41. The van der Waals surface area contributed by atoms with Gasteiger partial charge in [0.05, 0.1) is 0 Å². The molecule has 0 atom stereocenters. The van der Waals surface area contributed by atoms with Crippen LogP contribution in [0.3, 0.4) is 0 Å². The molecule has 0 aliphatic rings. The van der Waals surface area contributed by atoms with Gasteiger partial charge in [-0.25, -0.2) is 0 Å². The molecule has 0 radical (unpaired) electrons. The quantitative estimate of drug-likeness (QED) is 0.658. The number of hydrogen-bond acceptors (Lipinski definition) is 3. The molecule has 2 rings (SSSR count). The van der Waals surface area contributed by atoms with E-state index in [2.05, 4.69) is 0 Å². The smallest absolute Gasteiger partial charge is 0.167 e. The molecule has 0 saturated heterocycles. The summed E-state index contributed by atoms with van der Waals surface area (Å²) in [5.74, 6) is 2.18. The summed E-state index contributed by atoms with van der Waals surface area (Å²) >= 11 is 0. The summed E-state index contributed by atoms with van der Waals surface area (Å²) in [4.78, 5) is 10.8. The maximum atomic E-state index is 10.8. The SMILES string of the molecule is CC(=O)COc1ccc(Oc2ccccc2)cc1.[U]. The number of carbonyl (C=O) groups excluding carboxylic acids is 1. The number of ether oxygens (including phenoxy) is 2. The number of para-hydroxylation sites is 1. The van der Waals surface area contributed by atoms with E-state index in [1.807, 2.05) is 42.5 Å². The summed E-state index contributed by atoms with van der Waals surface area (Å²) < 4.78 is 10.9. The summed E-state index contributed by atoms with van der Waals surface area (Å²) in [5.41, 5.74) is 0. The van der Waals surface area contributed by atoms with Crippen LogP contribution < -0.4 is 9.47 Å². The van der Waals surface area contributed by atoms with Gasteiger partial charge in [-0.3, -0.25) is 4.79 Å². The Morgan fingerprint density at radius 3 is 2.00 bits per heavy atom. The van der Waals surface area contributed by atoms with Crippen LogP contribution in [-0.4, -0.2) is 12.4 Å².